The first-order valence-electron chi connectivity index (χ1n) is 4.21. The molecular formula is C8H15NO3. The van der Waals surface area contributed by atoms with Crippen LogP contribution in [0.4, 0.5) is 0 Å². The zero-order chi connectivity index (χ0) is 9.14. The van der Waals surface area contributed by atoms with Crippen LogP contribution in [0.1, 0.15) is 19.8 Å². The van der Waals surface area contributed by atoms with Crippen LogP contribution in [0.2, 0.25) is 0 Å². The fourth-order valence-electron chi connectivity index (χ4n) is 1.51. The molecule has 0 aliphatic carbocycles. The molecule has 0 spiro atoms. The molecule has 1 fully saturated rings. The van der Waals surface area contributed by atoms with Crippen LogP contribution in [0.25, 0.3) is 0 Å². The quantitative estimate of drug-likeness (QED) is 0.640. The summed E-state index contributed by atoms with van der Waals surface area (Å²) in [7, 11) is 0. The largest absolute Gasteiger partial charge is 0.480 e. The Hall–Kier alpha value is -0.610. The molecule has 4 nitrogen and oxygen atoms in total. The van der Waals surface area contributed by atoms with Crippen molar-refractivity contribution in [2.45, 2.75) is 31.9 Å². The van der Waals surface area contributed by atoms with Gasteiger partial charge in [0.1, 0.15) is 6.04 Å². The number of nitrogens with two attached hydrogens (primary N) is 1. The van der Waals surface area contributed by atoms with Crippen LogP contribution in [0, 0.1) is 5.92 Å². The molecule has 0 aromatic carbocycles. The third kappa shape index (κ3) is 2.19. The monoisotopic (exact) mass is 173 g/mol. The number of hydrogen-bond acceptors (Lipinski definition) is 3. The third-order valence-electron chi connectivity index (χ3n) is 2.41. The van der Waals surface area contributed by atoms with Crippen LogP contribution in [-0.4, -0.2) is 29.8 Å². The normalized spacial score (nSPS) is 31.8. The zero-order valence-electron chi connectivity index (χ0n) is 7.19. The molecule has 1 saturated heterocycles. The van der Waals surface area contributed by atoms with Gasteiger partial charge in [0.25, 0.3) is 0 Å². The fraction of sp³-hybridized carbons (Fsp3) is 0.875. The molecule has 3 N–H and O–H groups in total. The van der Waals surface area contributed by atoms with Crippen molar-refractivity contribution in [1.29, 1.82) is 0 Å². The lowest BCUT2D eigenvalue weighted by molar-refractivity contribution is -0.139. The Bertz CT molecular complexity index is 172. The molecule has 0 aromatic rings. The number of carbonyl (C=O) groups is 1. The van der Waals surface area contributed by atoms with E-state index in [0.29, 0.717) is 12.3 Å². The molecule has 3 unspecified atom stereocenters. The molecule has 0 bridgehead atoms. The molecule has 4 heteroatoms. The van der Waals surface area contributed by atoms with Gasteiger partial charge in [-0.2, -0.15) is 0 Å². The van der Waals surface area contributed by atoms with Crippen LogP contribution in [0.3, 0.4) is 0 Å². The van der Waals surface area contributed by atoms with E-state index in [1.165, 1.54) is 0 Å². The summed E-state index contributed by atoms with van der Waals surface area (Å²) in [6.07, 6.45) is 1.62. The van der Waals surface area contributed by atoms with Crippen molar-refractivity contribution in [2.24, 2.45) is 11.7 Å². The summed E-state index contributed by atoms with van der Waals surface area (Å²) in [6, 6.07) is -0.737. The van der Waals surface area contributed by atoms with E-state index in [0.717, 1.165) is 13.0 Å². The van der Waals surface area contributed by atoms with Crippen molar-refractivity contribution >= 4 is 5.97 Å². The molecule has 70 valence electrons. The molecule has 0 amide bonds. The van der Waals surface area contributed by atoms with E-state index in [1.54, 1.807) is 0 Å². The van der Waals surface area contributed by atoms with Crippen molar-refractivity contribution in [1.82, 2.24) is 0 Å². The number of ether oxygens (including phenoxy) is 1. The number of carboxylic acid groups (broad SMARTS) is 1. The maximum Gasteiger partial charge on any atom is 0.320 e. The Morgan fingerprint density at radius 3 is 2.92 bits per heavy atom. The topological polar surface area (TPSA) is 72.5 Å². The molecule has 12 heavy (non-hydrogen) atoms. The predicted molar refractivity (Wildman–Crippen MR) is 43.7 cm³/mol. The lowest BCUT2D eigenvalue weighted by atomic mass is 9.95. The maximum absolute atomic E-state index is 10.4. The highest BCUT2D eigenvalue weighted by molar-refractivity contribution is 5.73. The first-order valence-corrected chi connectivity index (χ1v) is 4.21. The summed E-state index contributed by atoms with van der Waals surface area (Å²) in [4.78, 5) is 10.4. The van der Waals surface area contributed by atoms with Crippen LogP contribution >= 0.6 is 0 Å². The maximum atomic E-state index is 10.4. The van der Waals surface area contributed by atoms with Crippen LogP contribution < -0.4 is 5.73 Å². The van der Waals surface area contributed by atoms with Crippen molar-refractivity contribution in [3.05, 3.63) is 0 Å². The van der Waals surface area contributed by atoms with Crippen molar-refractivity contribution in [3.63, 3.8) is 0 Å². The van der Waals surface area contributed by atoms with Gasteiger partial charge in [-0.1, -0.05) is 0 Å². The van der Waals surface area contributed by atoms with Crippen molar-refractivity contribution in [3.8, 4) is 0 Å². The fourth-order valence-corrected chi connectivity index (χ4v) is 1.51. The highest BCUT2D eigenvalue weighted by Gasteiger charge is 2.27. The molecular weight excluding hydrogens is 158 g/mol. The van der Waals surface area contributed by atoms with E-state index in [4.69, 9.17) is 15.6 Å². The number of hydrogen-bond donors (Lipinski definition) is 2. The van der Waals surface area contributed by atoms with Gasteiger partial charge in [0.05, 0.1) is 6.10 Å². The molecule has 1 aliphatic rings. The van der Waals surface area contributed by atoms with Gasteiger partial charge < -0.3 is 15.6 Å². The minimum atomic E-state index is -0.922. The van der Waals surface area contributed by atoms with E-state index in [-0.39, 0.29) is 6.10 Å². The molecule has 1 heterocycles. The van der Waals surface area contributed by atoms with Gasteiger partial charge in [0, 0.05) is 6.61 Å². The van der Waals surface area contributed by atoms with Gasteiger partial charge in [0.2, 0.25) is 0 Å². The second-order valence-electron chi connectivity index (χ2n) is 3.31. The van der Waals surface area contributed by atoms with Crippen molar-refractivity contribution < 1.29 is 14.6 Å². The Morgan fingerprint density at radius 1 is 1.83 bits per heavy atom. The van der Waals surface area contributed by atoms with E-state index >= 15 is 0 Å². The summed E-state index contributed by atoms with van der Waals surface area (Å²) < 4.78 is 5.30. The second kappa shape index (κ2) is 3.87. The zero-order valence-corrected chi connectivity index (χ0v) is 7.19. The Kier molecular flexibility index (Phi) is 3.05. The Balaban J connectivity index is 2.35. The van der Waals surface area contributed by atoms with Gasteiger partial charge >= 0.3 is 5.97 Å². The second-order valence-corrected chi connectivity index (χ2v) is 3.31. The van der Waals surface area contributed by atoms with Gasteiger partial charge in [-0.15, -0.1) is 0 Å². The Morgan fingerprint density at radius 2 is 2.50 bits per heavy atom. The molecule has 1 aliphatic heterocycles. The third-order valence-corrected chi connectivity index (χ3v) is 2.41. The Labute approximate surface area is 71.7 Å². The molecule has 0 saturated carbocycles. The summed E-state index contributed by atoms with van der Waals surface area (Å²) in [5, 5.41) is 8.56. The minimum absolute atomic E-state index is 0.162. The highest BCUT2D eigenvalue weighted by atomic mass is 16.5. The highest BCUT2D eigenvalue weighted by Crippen LogP contribution is 2.24. The average molecular weight is 173 g/mol. The van der Waals surface area contributed by atoms with Gasteiger partial charge in [-0.3, -0.25) is 4.79 Å². The van der Waals surface area contributed by atoms with Crippen LogP contribution in [0.5, 0.6) is 0 Å². The average Bonchev–Trinajstić information content (AvgIpc) is 2.36. The van der Waals surface area contributed by atoms with E-state index in [1.807, 2.05) is 6.92 Å². The van der Waals surface area contributed by atoms with Crippen molar-refractivity contribution in [2.75, 3.05) is 6.61 Å². The number of carboxylic acids is 1. The summed E-state index contributed by atoms with van der Waals surface area (Å²) in [6.45, 7) is 2.70. The van der Waals surface area contributed by atoms with Crippen LogP contribution in [-0.2, 0) is 9.53 Å². The van der Waals surface area contributed by atoms with Crippen LogP contribution in [0.15, 0.2) is 0 Å². The summed E-state index contributed by atoms with van der Waals surface area (Å²) >= 11 is 0. The number of rotatable bonds is 3. The summed E-state index contributed by atoms with van der Waals surface area (Å²) in [5.41, 5.74) is 5.40. The molecule has 0 radical (unpaired) electrons. The minimum Gasteiger partial charge on any atom is -0.480 e. The van der Waals surface area contributed by atoms with E-state index in [9.17, 15) is 4.79 Å². The lowest BCUT2D eigenvalue weighted by Crippen LogP contribution is -2.33. The first kappa shape index (κ1) is 9.48. The van der Waals surface area contributed by atoms with Gasteiger partial charge in [-0.25, -0.2) is 0 Å². The van der Waals surface area contributed by atoms with Gasteiger partial charge in [0.15, 0.2) is 0 Å². The SMILES string of the molecule is CC1OCCC1CC(N)C(=O)O. The number of aliphatic carboxylic acids is 1. The smallest absolute Gasteiger partial charge is 0.320 e. The molecule has 0 aromatic heterocycles. The lowest BCUT2D eigenvalue weighted by Gasteiger charge is -2.15. The van der Waals surface area contributed by atoms with Gasteiger partial charge in [-0.05, 0) is 25.7 Å². The van der Waals surface area contributed by atoms with E-state index in [2.05, 4.69) is 0 Å². The molecule has 1 rings (SSSR count). The predicted octanol–water partition coefficient (Wildman–Crippen LogP) is 0.213. The van der Waals surface area contributed by atoms with E-state index < -0.39 is 12.0 Å². The summed E-state index contributed by atoms with van der Waals surface area (Å²) in [5.74, 6) is -0.606. The first-order chi connectivity index (χ1) is 5.61. The molecule has 3 atom stereocenters. The standard InChI is InChI=1S/C8H15NO3/c1-5-6(2-3-12-5)4-7(9)8(10)11/h5-7H,2-4,9H2,1H3,(H,10,11).